The number of para-hydroxylation sites is 1. The molecule has 46 heavy (non-hydrogen) atoms. The van der Waals surface area contributed by atoms with E-state index in [0.717, 1.165) is 119 Å². The number of fused-ring (bicyclic) bond motifs is 5. The molecule has 0 atom stereocenters. The predicted molar refractivity (Wildman–Crippen MR) is 192 cm³/mol. The molecule has 0 radical (unpaired) electrons. The number of ether oxygens (including phenoxy) is 3. The molecule has 0 amide bonds. The number of benzene rings is 1. The van der Waals surface area contributed by atoms with Crippen LogP contribution in [0, 0.1) is 0 Å². The van der Waals surface area contributed by atoms with E-state index in [1.807, 2.05) is 6.07 Å². The molecular formula is C33H47Cl3N4O5S. The molecule has 0 unspecified atom stereocenters. The van der Waals surface area contributed by atoms with Gasteiger partial charge in [0.05, 0.1) is 54.6 Å². The summed E-state index contributed by atoms with van der Waals surface area (Å²) in [6.45, 7) is 12.3. The van der Waals surface area contributed by atoms with Crippen molar-refractivity contribution in [2.24, 2.45) is 0 Å². The number of thiophene rings is 1. The smallest absolute Gasteiger partial charge is 0.345 e. The Kier molecular flexibility index (Phi) is 13.7. The molecule has 3 aromatic rings. The van der Waals surface area contributed by atoms with Gasteiger partial charge in [0.2, 0.25) is 0 Å². The number of hydrogen-bond acceptors (Lipinski definition) is 8. The topological polar surface area (TPSA) is 79.6 Å². The van der Waals surface area contributed by atoms with Gasteiger partial charge < -0.3 is 28.8 Å². The van der Waals surface area contributed by atoms with Crippen molar-refractivity contribution >= 4 is 70.4 Å². The summed E-state index contributed by atoms with van der Waals surface area (Å²) in [4.78, 5) is 20.0. The molecule has 5 heterocycles. The molecule has 1 N–H and O–H groups in total. The van der Waals surface area contributed by atoms with Crippen LogP contribution >= 0.6 is 48.6 Å². The van der Waals surface area contributed by atoms with Crippen molar-refractivity contribution in [3.8, 4) is 17.0 Å². The fourth-order valence-electron chi connectivity index (χ4n) is 7.42. The Morgan fingerprint density at radius 3 is 2.11 bits per heavy atom. The second-order valence-electron chi connectivity index (χ2n) is 12.3. The molecule has 7 rings (SSSR count). The number of carbonyl (C=O) groups is 1. The van der Waals surface area contributed by atoms with E-state index in [1.165, 1.54) is 41.9 Å². The van der Waals surface area contributed by atoms with Gasteiger partial charge in [-0.15, -0.1) is 48.6 Å². The minimum absolute atomic E-state index is 0. The van der Waals surface area contributed by atoms with Crippen LogP contribution in [0.1, 0.15) is 53.3 Å². The zero-order valence-electron chi connectivity index (χ0n) is 26.3. The highest BCUT2D eigenvalue weighted by Gasteiger charge is 2.32. The SMILES string of the molecule is Cl.Cl.Cl.O=C(O)c1cc2c(s1)c(C1CCCCC1)c1n2CCOc2c-1cccc2N(CCN1CCOCC1)CCN1CCOCC1. The molecule has 9 nitrogen and oxygen atoms in total. The largest absolute Gasteiger partial charge is 0.489 e. The van der Waals surface area contributed by atoms with Gasteiger partial charge >= 0.3 is 5.97 Å². The second kappa shape index (κ2) is 17.1. The van der Waals surface area contributed by atoms with E-state index in [2.05, 4.69) is 37.5 Å². The quantitative estimate of drug-likeness (QED) is 0.279. The third kappa shape index (κ3) is 7.76. The first-order valence-electron chi connectivity index (χ1n) is 16.2. The number of nitrogens with zero attached hydrogens (tertiary/aromatic N) is 4. The first-order chi connectivity index (χ1) is 21.2. The number of aromatic nitrogens is 1. The van der Waals surface area contributed by atoms with Gasteiger partial charge in [-0.25, -0.2) is 4.79 Å². The van der Waals surface area contributed by atoms with E-state index in [0.29, 0.717) is 23.9 Å². The third-order valence-electron chi connectivity index (χ3n) is 9.73. The Morgan fingerprint density at radius 1 is 0.870 bits per heavy atom. The Hall–Kier alpha value is -1.76. The number of halogens is 3. The Labute approximate surface area is 294 Å². The molecule has 13 heteroatoms. The minimum Gasteiger partial charge on any atom is -0.489 e. The van der Waals surface area contributed by atoms with E-state index in [4.69, 9.17) is 14.2 Å². The molecule has 3 fully saturated rings. The zero-order chi connectivity index (χ0) is 29.2. The van der Waals surface area contributed by atoms with Crippen LogP contribution in [-0.2, 0) is 16.0 Å². The lowest BCUT2D eigenvalue weighted by Gasteiger charge is -2.34. The molecule has 2 aromatic heterocycles. The van der Waals surface area contributed by atoms with Gasteiger partial charge in [-0.05, 0) is 42.5 Å². The highest BCUT2D eigenvalue weighted by molar-refractivity contribution is 7.21. The van der Waals surface area contributed by atoms with Crippen molar-refractivity contribution in [3.05, 3.63) is 34.7 Å². The van der Waals surface area contributed by atoms with E-state index in [-0.39, 0.29) is 37.2 Å². The standard InChI is InChI=1S/C33H44N4O5S.3ClH/c38-33(39)28-23-27-32(43-28)29(24-5-2-1-3-6-24)30-25-7-4-8-26(31(25)42-22-17-37(27)30)36(11-9-34-13-18-40-19-14-34)12-10-35-15-20-41-21-16-35;;;/h4,7-8,23-24H,1-3,5-6,9-22H2,(H,38,39);3*1H. The van der Waals surface area contributed by atoms with Crippen molar-refractivity contribution in [1.29, 1.82) is 0 Å². The fourth-order valence-corrected chi connectivity index (χ4v) is 8.55. The maximum Gasteiger partial charge on any atom is 0.345 e. The third-order valence-corrected chi connectivity index (χ3v) is 10.9. The molecule has 4 aliphatic rings. The summed E-state index contributed by atoms with van der Waals surface area (Å²) in [5, 5.41) is 9.86. The van der Waals surface area contributed by atoms with Crippen LogP contribution in [0.5, 0.6) is 5.75 Å². The first kappa shape index (κ1) is 37.1. The molecule has 0 bridgehead atoms. The molecular weight excluding hydrogens is 671 g/mol. The van der Waals surface area contributed by atoms with Crippen molar-refractivity contribution in [3.63, 3.8) is 0 Å². The van der Waals surface area contributed by atoms with Crippen molar-refractivity contribution in [1.82, 2.24) is 14.4 Å². The predicted octanol–water partition coefficient (Wildman–Crippen LogP) is 6.24. The number of hydrogen-bond donors (Lipinski definition) is 1. The number of carboxylic acids is 1. The van der Waals surface area contributed by atoms with E-state index in [1.54, 1.807) is 0 Å². The van der Waals surface area contributed by atoms with Crippen molar-refractivity contribution < 1.29 is 24.1 Å². The maximum atomic E-state index is 12.0. The van der Waals surface area contributed by atoms with E-state index >= 15 is 0 Å². The average Bonchev–Trinajstić information content (AvgIpc) is 3.54. The summed E-state index contributed by atoms with van der Waals surface area (Å²) in [5.41, 5.74) is 5.97. The molecule has 1 saturated carbocycles. The molecule has 256 valence electrons. The number of morpholine rings is 2. The van der Waals surface area contributed by atoms with Crippen LogP contribution in [0.15, 0.2) is 24.3 Å². The number of carboxylic acid groups (broad SMARTS) is 1. The summed E-state index contributed by atoms with van der Waals surface area (Å²) < 4.78 is 21.4. The van der Waals surface area contributed by atoms with Gasteiger partial charge in [0.25, 0.3) is 0 Å². The highest BCUT2D eigenvalue weighted by atomic mass is 35.5. The fraction of sp³-hybridized carbons (Fsp3) is 0.606. The first-order valence-corrected chi connectivity index (χ1v) is 17.0. The normalized spacial score (nSPS) is 19.0. The summed E-state index contributed by atoms with van der Waals surface area (Å²) in [5.74, 6) is 0.584. The van der Waals surface area contributed by atoms with Gasteiger partial charge in [0.1, 0.15) is 11.5 Å². The molecule has 0 spiro atoms. The Morgan fingerprint density at radius 2 is 1.50 bits per heavy atom. The van der Waals surface area contributed by atoms with Crippen molar-refractivity contribution in [2.75, 3.05) is 90.3 Å². The lowest BCUT2D eigenvalue weighted by molar-refractivity contribution is 0.0368. The van der Waals surface area contributed by atoms with Gasteiger partial charge in [-0.2, -0.15) is 0 Å². The second-order valence-corrected chi connectivity index (χ2v) is 13.3. The summed E-state index contributed by atoms with van der Waals surface area (Å²) in [6.07, 6.45) is 6.06. The van der Waals surface area contributed by atoms with Crippen LogP contribution in [0.25, 0.3) is 21.5 Å². The highest BCUT2D eigenvalue weighted by Crippen LogP contribution is 2.51. The zero-order valence-corrected chi connectivity index (χ0v) is 29.6. The number of anilines is 1. The Balaban J connectivity index is 0.00000160. The molecule has 1 aromatic carbocycles. The van der Waals surface area contributed by atoms with Crippen LogP contribution in [0.2, 0.25) is 0 Å². The van der Waals surface area contributed by atoms with E-state index < -0.39 is 5.97 Å². The lowest BCUT2D eigenvalue weighted by atomic mass is 9.83. The average molecular weight is 718 g/mol. The lowest BCUT2D eigenvalue weighted by Crippen LogP contribution is -2.45. The van der Waals surface area contributed by atoms with Gasteiger partial charge in [-0.3, -0.25) is 9.80 Å². The van der Waals surface area contributed by atoms with Crippen LogP contribution in [0.3, 0.4) is 0 Å². The monoisotopic (exact) mass is 716 g/mol. The summed E-state index contributed by atoms with van der Waals surface area (Å²) in [6, 6.07) is 8.55. The Bertz CT molecular complexity index is 1410. The molecule has 2 saturated heterocycles. The number of aromatic carboxylic acids is 1. The molecule has 1 aliphatic carbocycles. The maximum absolute atomic E-state index is 12.0. The van der Waals surface area contributed by atoms with Crippen molar-refractivity contribution in [2.45, 2.75) is 44.6 Å². The van der Waals surface area contributed by atoms with Crippen LogP contribution < -0.4 is 9.64 Å². The molecule has 3 aliphatic heterocycles. The minimum atomic E-state index is -0.839. The number of rotatable bonds is 9. The van der Waals surface area contributed by atoms with Crippen LogP contribution in [-0.4, -0.2) is 111 Å². The van der Waals surface area contributed by atoms with E-state index in [9.17, 15) is 9.90 Å². The van der Waals surface area contributed by atoms with Gasteiger partial charge in [0, 0.05) is 57.9 Å². The van der Waals surface area contributed by atoms with Gasteiger partial charge in [-0.1, -0.05) is 25.3 Å². The van der Waals surface area contributed by atoms with Gasteiger partial charge in [0.15, 0.2) is 5.75 Å². The summed E-state index contributed by atoms with van der Waals surface area (Å²) in [7, 11) is 0. The van der Waals surface area contributed by atoms with Crippen LogP contribution in [0.4, 0.5) is 5.69 Å². The summed E-state index contributed by atoms with van der Waals surface area (Å²) >= 11 is 1.46.